The van der Waals surface area contributed by atoms with Gasteiger partial charge in [-0.3, -0.25) is 4.79 Å². The smallest absolute Gasteiger partial charge is 0.221 e. The van der Waals surface area contributed by atoms with Gasteiger partial charge in [0.25, 0.3) is 0 Å². The van der Waals surface area contributed by atoms with Crippen molar-refractivity contribution in [2.24, 2.45) is 0 Å². The molecule has 1 amide bonds. The van der Waals surface area contributed by atoms with Crippen LogP contribution in [0.5, 0.6) is 0 Å². The molecule has 130 valence electrons. The highest BCUT2D eigenvalue weighted by molar-refractivity contribution is 7.22. The van der Waals surface area contributed by atoms with Crippen molar-refractivity contribution in [3.05, 3.63) is 34.7 Å². The fraction of sp³-hybridized carbons (Fsp3) is 0.368. The van der Waals surface area contributed by atoms with Crippen LogP contribution in [0.15, 0.2) is 24.3 Å². The van der Waals surface area contributed by atoms with E-state index in [1.165, 1.54) is 28.1 Å². The van der Waals surface area contributed by atoms with E-state index in [2.05, 4.69) is 30.4 Å². The Morgan fingerprint density at radius 3 is 2.92 bits per heavy atom. The molecule has 1 aliphatic rings. The number of thiazole rings is 1. The zero-order valence-electron chi connectivity index (χ0n) is 14.5. The van der Waals surface area contributed by atoms with Crippen molar-refractivity contribution < 1.29 is 9.69 Å². The van der Waals surface area contributed by atoms with Gasteiger partial charge in [-0.1, -0.05) is 12.1 Å². The van der Waals surface area contributed by atoms with E-state index in [1.807, 2.05) is 6.07 Å². The van der Waals surface area contributed by atoms with Gasteiger partial charge in [-0.25, -0.2) is 4.98 Å². The Balaban J connectivity index is 1.86. The molecule has 0 spiro atoms. The highest BCUT2D eigenvalue weighted by atomic mass is 32.1. The van der Waals surface area contributed by atoms with Crippen LogP contribution >= 0.6 is 22.7 Å². The number of benzene rings is 1. The highest BCUT2D eigenvalue weighted by Crippen LogP contribution is 2.44. The van der Waals surface area contributed by atoms with Crippen LogP contribution in [0.2, 0.25) is 0 Å². The van der Waals surface area contributed by atoms with E-state index in [-0.39, 0.29) is 5.91 Å². The molecule has 1 aliphatic heterocycles. The largest absolute Gasteiger partial charge is 0.331 e. The van der Waals surface area contributed by atoms with Gasteiger partial charge in [0.2, 0.25) is 5.91 Å². The van der Waals surface area contributed by atoms with Crippen LogP contribution in [-0.2, 0) is 17.8 Å². The molecular weight excluding hydrogens is 350 g/mol. The quantitative estimate of drug-likeness (QED) is 0.741. The Hall–Kier alpha value is -1.76. The van der Waals surface area contributed by atoms with Crippen LogP contribution in [0.3, 0.4) is 0 Å². The van der Waals surface area contributed by atoms with Crippen LogP contribution in [0, 0.1) is 0 Å². The van der Waals surface area contributed by atoms with Crippen molar-refractivity contribution in [2.45, 2.75) is 33.2 Å². The molecule has 6 heteroatoms. The summed E-state index contributed by atoms with van der Waals surface area (Å²) in [5.74, 6) is -0.0153. The van der Waals surface area contributed by atoms with Gasteiger partial charge in [0.1, 0.15) is 16.6 Å². The number of hydrogen-bond acceptors (Lipinski definition) is 4. The van der Waals surface area contributed by atoms with E-state index < -0.39 is 0 Å². The Morgan fingerprint density at radius 1 is 1.32 bits per heavy atom. The van der Waals surface area contributed by atoms with E-state index in [9.17, 15) is 4.79 Å². The average Bonchev–Trinajstić information content (AvgIpc) is 3.08. The highest BCUT2D eigenvalue weighted by Gasteiger charge is 2.27. The molecule has 4 rings (SSSR count). The topological polar surface area (TPSA) is 46.4 Å². The van der Waals surface area contributed by atoms with E-state index in [0.29, 0.717) is 0 Å². The van der Waals surface area contributed by atoms with Crippen molar-refractivity contribution in [3.8, 4) is 10.6 Å². The third-order valence-electron chi connectivity index (χ3n) is 4.76. The molecule has 0 bridgehead atoms. The third-order valence-corrected chi connectivity index (χ3v) is 6.96. The van der Waals surface area contributed by atoms with Gasteiger partial charge < -0.3 is 10.2 Å². The number of fused-ring (bicyclic) bond motifs is 2. The molecule has 0 fully saturated rings. The zero-order chi connectivity index (χ0) is 17.4. The molecule has 1 aromatic carbocycles. The monoisotopic (exact) mass is 372 g/mol. The minimum Gasteiger partial charge on any atom is -0.331 e. The van der Waals surface area contributed by atoms with Crippen molar-refractivity contribution >= 4 is 43.8 Å². The molecule has 2 N–H and O–H groups in total. The second-order valence-corrected chi connectivity index (χ2v) is 8.65. The van der Waals surface area contributed by atoms with Crippen molar-refractivity contribution in [1.82, 2.24) is 4.98 Å². The first-order chi connectivity index (χ1) is 12.2. The molecule has 1 unspecified atom stereocenters. The maximum Gasteiger partial charge on any atom is 0.221 e. The standard InChI is InChI=1S/C19H21N3OS2/c1-3-22-10-6-7-13-16(11-22)25-18(20-12(2)23)17(13)19-21-14-8-4-5-9-15(14)24-19/h4-5,8-9H,3,6-7,10-11H2,1-2H3,(H,20,23)/p+1. The SMILES string of the molecule is CC[NH+]1CCCc2c(sc(NC(C)=O)c2-c2nc3ccccc3s2)C1. The summed E-state index contributed by atoms with van der Waals surface area (Å²) in [6.45, 7) is 7.23. The van der Waals surface area contributed by atoms with Crippen LogP contribution in [-0.4, -0.2) is 24.0 Å². The first kappa shape index (κ1) is 16.7. The second-order valence-electron chi connectivity index (χ2n) is 6.51. The lowest BCUT2D eigenvalue weighted by atomic mass is 10.1. The van der Waals surface area contributed by atoms with E-state index in [4.69, 9.17) is 4.98 Å². The number of para-hydroxylation sites is 1. The number of anilines is 1. The number of carbonyl (C=O) groups excluding carboxylic acids is 1. The summed E-state index contributed by atoms with van der Waals surface area (Å²) in [6.07, 6.45) is 2.25. The molecule has 0 radical (unpaired) electrons. The minimum absolute atomic E-state index is 0.0153. The van der Waals surface area contributed by atoms with E-state index >= 15 is 0 Å². The van der Waals surface area contributed by atoms with Crippen LogP contribution in [0.25, 0.3) is 20.8 Å². The summed E-state index contributed by atoms with van der Waals surface area (Å²) < 4.78 is 1.20. The van der Waals surface area contributed by atoms with E-state index in [0.717, 1.165) is 40.6 Å². The average molecular weight is 373 g/mol. The number of hydrogen-bond donors (Lipinski definition) is 2. The number of nitrogens with one attached hydrogen (secondary N) is 2. The predicted octanol–water partition coefficient (Wildman–Crippen LogP) is 3.33. The Morgan fingerprint density at radius 2 is 2.16 bits per heavy atom. The third kappa shape index (κ3) is 3.21. The fourth-order valence-electron chi connectivity index (χ4n) is 3.51. The molecule has 3 heterocycles. The summed E-state index contributed by atoms with van der Waals surface area (Å²) in [5, 5.41) is 5.06. The van der Waals surface area contributed by atoms with Crippen molar-refractivity contribution in [1.29, 1.82) is 0 Å². The lowest BCUT2D eigenvalue weighted by Gasteiger charge is -2.13. The van der Waals surface area contributed by atoms with Crippen molar-refractivity contribution in [3.63, 3.8) is 0 Å². The lowest BCUT2D eigenvalue weighted by molar-refractivity contribution is -0.911. The number of amides is 1. The summed E-state index contributed by atoms with van der Waals surface area (Å²) >= 11 is 3.46. The van der Waals surface area contributed by atoms with Gasteiger partial charge in [0.15, 0.2) is 0 Å². The fourth-order valence-corrected chi connectivity index (χ4v) is 5.98. The number of nitrogens with zero attached hydrogens (tertiary/aromatic N) is 1. The number of carbonyl (C=O) groups is 1. The maximum atomic E-state index is 11.7. The van der Waals surface area contributed by atoms with Gasteiger partial charge in [0.05, 0.1) is 28.2 Å². The van der Waals surface area contributed by atoms with Gasteiger partial charge in [0, 0.05) is 18.9 Å². The second kappa shape index (κ2) is 6.86. The van der Waals surface area contributed by atoms with Gasteiger partial charge in [-0.2, -0.15) is 0 Å². The van der Waals surface area contributed by atoms with E-state index in [1.54, 1.807) is 34.5 Å². The number of quaternary nitrogens is 1. The summed E-state index contributed by atoms with van der Waals surface area (Å²) in [6, 6.07) is 8.25. The predicted molar refractivity (Wildman–Crippen MR) is 106 cm³/mol. The molecule has 2 aromatic heterocycles. The van der Waals surface area contributed by atoms with Crippen LogP contribution in [0.1, 0.15) is 30.7 Å². The molecule has 4 nitrogen and oxygen atoms in total. The molecule has 25 heavy (non-hydrogen) atoms. The molecular formula is C19H22N3OS2+. The van der Waals surface area contributed by atoms with Crippen LogP contribution in [0.4, 0.5) is 5.00 Å². The zero-order valence-corrected chi connectivity index (χ0v) is 16.1. The van der Waals surface area contributed by atoms with Gasteiger partial charge in [-0.05, 0) is 31.0 Å². The molecule has 3 aromatic rings. The molecule has 0 saturated heterocycles. The number of aromatic nitrogens is 1. The molecule has 1 atom stereocenters. The molecule has 0 aliphatic carbocycles. The summed E-state index contributed by atoms with van der Waals surface area (Å²) in [5.41, 5.74) is 3.59. The molecule has 0 saturated carbocycles. The number of thiophene rings is 1. The maximum absolute atomic E-state index is 11.7. The first-order valence-electron chi connectivity index (χ1n) is 8.77. The number of rotatable bonds is 3. The van der Waals surface area contributed by atoms with Gasteiger partial charge >= 0.3 is 0 Å². The lowest BCUT2D eigenvalue weighted by Crippen LogP contribution is -3.10. The van der Waals surface area contributed by atoms with Crippen molar-refractivity contribution in [2.75, 3.05) is 18.4 Å². The normalized spacial score (nSPS) is 17.3. The Kier molecular flexibility index (Phi) is 4.58. The Bertz CT molecular complexity index is 895. The summed E-state index contributed by atoms with van der Waals surface area (Å²) in [4.78, 5) is 19.6. The first-order valence-corrected chi connectivity index (χ1v) is 10.4. The summed E-state index contributed by atoms with van der Waals surface area (Å²) in [7, 11) is 0. The minimum atomic E-state index is -0.0153. The Labute approximate surface area is 155 Å². The van der Waals surface area contributed by atoms with Gasteiger partial charge in [-0.15, -0.1) is 22.7 Å². The van der Waals surface area contributed by atoms with Crippen LogP contribution < -0.4 is 10.2 Å².